The average Bonchev–Trinajstić information content (AvgIpc) is 2.02. The Hall–Kier alpha value is -0.420. The highest BCUT2D eigenvalue weighted by Gasteiger charge is 2.06. The van der Waals surface area contributed by atoms with Crippen molar-refractivity contribution in [1.29, 1.82) is 0 Å². The van der Waals surface area contributed by atoms with Crippen LogP contribution in [0.3, 0.4) is 0 Å². The fraction of sp³-hybridized carbons (Fsp3) is 0.875. The van der Waals surface area contributed by atoms with Crippen molar-refractivity contribution in [3.8, 4) is 0 Å². The third-order valence-corrected chi connectivity index (χ3v) is 2.59. The first-order valence-electron chi connectivity index (χ1n) is 4.34. The molecule has 0 saturated heterocycles. The normalized spacial score (nSPS) is 15.2. The minimum Gasteiger partial charge on any atom is -0.369 e. The van der Waals surface area contributed by atoms with E-state index in [9.17, 15) is 9.00 Å². The molecule has 0 saturated carbocycles. The monoisotopic (exact) mass is 206 g/mol. The molecular weight excluding hydrogens is 188 g/mol. The molecule has 0 heterocycles. The summed E-state index contributed by atoms with van der Waals surface area (Å²) in [6.07, 6.45) is 2.56. The van der Waals surface area contributed by atoms with Gasteiger partial charge in [0.25, 0.3) is 0 Å². The molecule has 5 heteroatoms. The summed E-state index contributed by atoms with van der Waals surface area (Å²) in [7, 11) is -0.720. The van der Waals surface area contributed by atoms with Crippen molar-refractivity contribution >= 4 is 16.7 Å². The van der Waals surface area contributed by atoms with Crippen LogP contribution in [-0.4, -0.2) is 35.2 Å². The number of rotatable bonds is 7. The number of hydrogen-bond acceptors (Lipinski definition) is 3. The number of primary amides is 1. The molecule has 3 N–H and O–H groups in total. The van der Waals surface area contributed by atoms with Crippen LogP contribution in [0.5, 0.6) is 0 Å². The fourth-order valence-corrected chi connectivity index (χ4v) is 1.37. The molecule has 0 aliphatic heterocycles. The Labute approximate surface area is 81.7 Å². The Bertz CT molecular complexity index is 185. The SMILES string of the molecule is CC(CNCCCS(C)=O)C(N)=O. The van der Waals surface area contributed by atoms with Crippen LogP contribution in [-0.2, 0) is 15.6 Å². The van der Waals surface area contributed by atoms with Gasteiger partial charge in [0.2, 0.25) is 5.91 Å². The van der Waals surface area contributed by atoms with Gasteiger partial charge in [-0.05, 0) is 13.0 Å². The molecule has 13 heavy (non-hydrogen) atoms. The molecule has 1 amide bonds. The van der Waals surface area contributed by atoms with E-state index in [1.807, 2.05) is 0 Å². The van der Waals surface area contributed by atoms with Crippen LogP contribution in [0.2, 0.25) is 0 Å². The molecular formula is C8H18N2O2S. The van der Waals surface area contributed by atoms with Gasteiger partial charge >= 0.3 is 0 Å². The predicted molar refractivity (Wildman–Crippen MR) is 54.8 cm³/mol. The molecule has 0 aromatic carbocycles. The second-order valence-corrected chi connectivity index (χ2v) is 4.69. The third kappa shape index (κ3) is 7.93. The zero-order chi connectivity index (χ0) is 10.3. The summed E-state index contributed by atoms with van der Waals surface area (Å²) in [5.74, 6) is 0.288. The maximum atomic E-state index is 10.7. The van der Waals surface area contributed by atoms with E-state index in [2.05, 4.69) is 5.32 Å². The Morgan fingerprint density at radius 3 is 2.69 bits per heavy atom. The van der Waals surface area contributed by atoms with Crippen molar-refractivity contribution < 1.29 is 9.00 Å². The van der Waals surface area contributed by atoms with E-state index in [4.69, 9.17) is 5.73 Å². The largest absolute Gasteiger partial charge is 0.369 e. The standard InChI is InChI=1S/C8H18N2O2S/c1-7(8(9)11)6-10-4-3-5-13(2)12/h7,10H,3-6H2,1-2H3,(H2,9,11). The first kappa shape index (κ1) is 12.6. The quantitative estimate of drug-likeness (QED) is 0.550. The number of amides is 1. The van der Waals surface area contributed by atoms with Gasteiger partial charge in [0.1, 0.15) is 0 Å². The zero-order valence-corrected chi connectivity index (χ0v) is 9.02. The summed E-state index contributed by atoms with van der Waals surface area (Å²) >= 11 is 0. The van der Waals surface area contributed by atoms with Gasteiger partial charge in [0.05, 0.1) is 0 Å². The Morgan fingerprint density at radius 1 is 1.62 bits per heavy atom. The van der Waals surface area contributed by atoms with Crippen molar-refractivity contribution in [2.75, 3.05) is 25.1 Å². The van der Waals surface area contributed by atoms with Gasteiger partial charge in [-0.3, -0.25) is 9.00 Å². The van der Waals surface area contributed by atoms with Gasteiger partial charge in [-0.15, -0.1) is 0 Å². The van der Waals surface area contributed by atoms with Gasteiger partial charge in [0.15, 0.2) is 0 Å². The molecule has 0 aliphatic carbocycles. The molecule has 2 unspecified atom stereocenters. The highest BCUT2D eigenvalue weighted by atomic mass is 32.2. The molecule has 0 aromatic rings. The van der Waals surface area contributed by atoms with E-state index in [1.54, 1.807) is 13.2 Å². The Balaban J connectivity index is 3.26. The molecule has 4 nitrogen and oxygen atoms in total. The Morgan fingerprint density at radius 2 is 2.23 bits per heavy atom. The van der Waals surface area contributed by atoms with Crippen molar-refractivity contribution in [2.45, 2.75) is 13.3 Å². The molecule has 0 bridgehead atoms. The van der Waals surface area contributed by atoms with E-state index in [0.717, 1.165) is 13.0 Å². The van der Waals surface area contributed by atoms with Crippen molar-refractivity contribution in [2.24, 2.45) is 11.7 Å². The molecule has 0 fully saturated rings. The van der Waals surface area contributed by atoms with E-state index in [1.165, 1.54) is 0 Å². The summed E-state index contributed by atoms with van der Waals surface area (Å²) in [4.78, 5) is 10.6. The van der Waals surface area contributed by atoms with Crippen LogP contribution in [0, 0.1) is 5.92 Å². The zero-order valence-electron chi connectivity index (χ0n) is 8.21. The summed E-state index contributed by atoms with van der Waals surface area (Å²) in [6.45, 7) is 3.18. The van der Waals surface area contributed by atoms with Crippen LogP contribution < -0.4 is 11.1 Å². The molecule has 2 atom stereocenters. The van der Waals surface area contributed by atoms with Crippen LogP contribution in [0.4, 0.5) is 0 Å². The average molecular weight is 206 g/mol. The van der Waals surface area contributed by atoms with Crippen LogP contribution >= 0.6 is 0 Å². The highest BCUT2D eigenvalue weighted by molar-refractivity contribution is 7.84. The first-order valence-corrected chi connectivity index (χ1v) is 6.06. The molecule has 78 valence electrons. The summed E-state index contributed by atoms with van der Waals surface area (Å²) in [5, 5.41) is 3.09. The van der Waals surface area contributed by atoms with Gasteiger partial charge in [-0.1, -0.05) is 6.92 Å². The topological polar surface area (TPSA) is 72.2 Å². The predicted octanol–water partition coefficient (Wildman–Crippen LogP) is -0.534. The number of nitrogens with two attached hydrogens (primary N) is 1. The number of carbonyl (C=O) groups is 1. The molecule has 0 aliphatic rings. The third-order valence-electron chi connectivity index (χ3n) is 1.72. The summed E-state index contributed by atoms with van der Waals surface area (Å²) in [6, 6.07) is 0. The second-order valence-electron chi connectivity index (χ2n) is 3.14. The lowest BCUT2D eigenvalue weighted by molar-refractivity contribution is -0.121. The second kappa shape index (κ2) is 7.03. The van der Waals surface area contributed by atoms with Crippen molar-refractivity contribution in [3.63, 3.8) is 0 Å². The van der Waals surface area contributed by atoms with E-state index >= 15 is 0 Å². The summed E-state index contributed by atoms with van der Waals surface area (Å²) in [5.41, 5.74) is 5.07. The fourth-order valence-electron chi connectivity index (χ4n) is 0.820. The maximum Gasteiger partial charge on any atom is 0.221 e. The van der Waals surface area contributed by atoms with Crippen molar-refractivity contribution in [3.05, 3.63) is 0 Å². The molecule has 0 spiro atoms. The first-order chi connectivity index (χ1) is 6.04. The van der Waals surface area contributed by atoms with Crippen LogP contribution in [0.25, 0.3) is 0 Å². The Kier molecular flexibility index (Phi) is 6.80. The van der Waals surface area contributed by atoms with Crippen LogP contribution in [0.1, 0.15) is 13.3 Å². The lowest BCUT2D eigenvalue weighted by Gasteiger charge is -2.07. The van der Waals surface area contributed by atoms with E-state index < -0.39 is 10.8 Å². The number of nitrogens with one attached hydrogen (secondary N) is 1. The molecule has 0 rings (SSSR count). The van der Waals surface area contributed by atoms with E-state index in [0.29, 0.717) is 12.3 Å². The molecule has 0 aromatic heterocycles. The lowest BCUT2D eigenvalue weighted by Crippen LogP contribution is -2.31. The smallest absolute Gasteiger partial charge is 0.221 e. The molecule has 0 radical (unpaired) electrons. The maximum absolute atomic E-state index is 10.7. The highest BCUT2D eigenvalue weighted by Crippen LogP contribution is 1.89. The summed E-state index contributed by atoms with van der Waals surface area (Å²) < 4.78 is 10.7. The van der Waals surface area contributed by atoms with E-state index in [-0.39, 0.29) is 11.8 Å². The van der Waals surface area contributed by atoms with Crippen LogP contribution in [0.15, 0.2) is 0 Å². The minimum atomic E-state index is -0.720. The van der Waals surface area contributed by atoms with Gasteiger partial charge in [-0.2, -0.15) is 0 Å². The lowest BCUT2D eigenvalue weighted by atomic mass is 10.2. The number of carbonyl (C=O) groups excluding carboxylic acids is 1. The van der Waals surface area contributed by atoms with Crippen molar-refractivity contribution in [1.82, 2.24) is 5.32 Å². The minimum absolute atomic E-state index is 0.132. The van der Waals surface area contributed by atoms with Gasteiger partial charge in [-0.25, -0.2) is 0 Å². The van der Waals surface area contributed by atoms with Gasteiger partial charge in [0, 0.05) is 35.3 Å². The van der Waals surface area contributed by atoms with Gasteiger partial charge < -0.3 is 11.1 Å². The number of hydrogen-bond donors (Lipinski definition) is 2.